The van der Waals surface area contributed by atoms with Crippen LogP contribution in [-0.4, -0.2) is 71.2 Å². The van der Waals surface area contributed by atoms with Crippen LogP contribution in [0.25, 0.3) is 22.3 Å². The zero-order chi connectivity index (χ0) is 23.3. The molecule has 2 aliphatic rings. The SMILES string of the molecule is NC(=O)c1cc(-c2ccc(CN3CCOCC3)cc2)nc2c(N[C@H]3CCCCNC3)ncnc12. The summed E-state index contributed by atoms with van der Waals surface area (Å²) in [5, 5.41) is 6.98. The first-order chi connectivity index (χ1) is 16.7. The van der Waals surface area contributed by atoms with Gasteiger partial charge in [0, 0.05) is 37.8 Å². The number of nitrogens with zero attached hydrogens (tertiary/aromatic N) is 4. The van der Waals surface area contributed by atoms with E-state index in [1.54, 1.807) is 6.07 Å². The minimum absolute atomic E-state index is 0.238. The minimum atomic E-state index is -0.529. The second kappa shape index (κ2) is 10.4. The number of hydrogen-bond donors (Lipinski definition) is 3. The van der Waals surface area contributed by atoms with E-state index in [1.807, 2.05) is 12.1 Å². The van der Waals surface area contributed by atoms with Gasteiger partial charge in [0.2, 0.25) is 0 Å². The van der Waals surface area contributed by atoms with Gasteiger partial charge in [-0.1, -0.05) is 30.7 Å². The van der Waals surface area contributed by atoms with Crippen LogP contribution >= 0.6 is 0 Å². The summed E-state index contributed by atoms with van der Waals surface area (Å²) in [5.74, 6) is 0.102. The lowest BCUT2D eigenvalue weighted by molar-refractivity contribution is 0.0342. The largest absolute Gasteiger partial charge is 0.379 e. The molecule has 0 saturated carbocycles. The standard InChI is InChI=1S/C25H31N7O2/c26-24(33)20-13-21(18-6-4-17(5-7-18)15-32-9-11-34-12-10-32)31-23-22(20)28-16-29-25(23)30-19-3-1-2-8-27-14-19/h4-7,13,16,19,27H,1-3,8-12,14-15H2,(H2,26,33)(H,28,29,30)/t19-/m0/s1. The Morgan fingerprint density at radius 1 is 1.15 bits per heavy atom. The molecule has 2 aliphatic heterocycles. The molecule has 5 rings (SSSR count). The Labute approximate surface area is 199 Å². The van der Waals surface area contributed by atoms with Gasteiger partial charge in [0.1, 0.15) is 17.4 Å². The number of carbonyl (C=O) groups is 1. The van der Waals surface area contributed by atoms with Crippen LogP contribution < -0.4 is 16.4 Å². The number of nitrogens with two attached hydrogens (primary N) is 1. The molecule has 0 aliphatic carbocycles. The number of carbonyl (C=O) groups excluding carboxylic acids is 1. The van der Waals surface area contributed by atoms with E-state index in [4.69, 9.17) is 15.5 Å². The van der Waals surface area contributed by atoms with Crippen molar-refractivity contribution >= 4 is 22.8 Å². The van der Waals surface area contributed by atoms with Gasteiger partial charge in [-0.3, -0.25) is 9.69 Å². The number of benzene rings is 1. The average molecular weight is 462 g/mol. The van der Waals surface area contributed by atoms with Crippen molar-refractivity contribution in [2.45, 2.75) is 31.8 Å². The molecule has 0 unspecified atom stereocenters. The van der Waals surface area contributed by atoms with Crippen LogP contribution in [0.4, 0.5) is 5.82 Å². The van der Waals surface area contributed by atoms with Gasteiger partial charge in [0.05, 0.1) is 24.5 Å². The van der Waals surface area contributed by atoms with Gasteiger partial charge in [-0.15, -0.1) is 0 Å². The van der Waals surface area contributed by atoms with E-state index in [9.17, 15) is 4.79 Å². The van der Waals surface area contributed by atoms with Crippen molar-refractivity contribution in [2.24, 2.45) is 5.73 Å². The van der Waals surface area contributed by atoms with Crippen LogP contribution in [0.3, 0.4) is 0 Å². The van der Waals surface area contributed by atoms with Crippen molar-refractivity contribution in [1.29, 1.82) is 0 Å². The van der Waals surface area contributed by atoms with Crippen molar-refractivity contribution in [1.82, 2.24) is 25.2 Å². The van der Waals surface area contributed by atoms with Crippen LogP contribution in [0, 0.1) is 0 Å². The number of nitrogens with one attached hydrogen (secondary N) is 2. The van der Waals surface area contributed by atoms with Gasteiger partial charge in [-0.25, -0.2) is 15.0 Å². The highest BCUT2D eigenvalue weighted by Gasteiger charge is 2.19. The van der Waals surface area contributed by atoms with Crippen LogP contribution in [-0.2, 0) is 11.3 Å². The lowest BCUT2D eigenvalue weighted by Crippen LogP contribution is -2.35. The van der Waals surface area contributed by atoms with Crippen LogP contribution in [0.15, 0.2) is 36.7 Å². The number of fused-ring (bicyclic) bond motifs is 1. The lowest BCUT2D eigenvalue weighted by atomic mass is 10.0. The highest BCUT2D eigenvalue weighted by atomic mass is 16.5. The number of rotatable bonds is 6. The van der Waals surface area contributed by atoms with Crippen molar-refractivity contribution in [3.05, 3.63) is 47.8 Å². The van der Waals surface area contributed by atoms with Gasteiger partial charge in [0.15, 0.2) is 5.82 Å². The molecule has 34 heavy (non-hydrogen) atoms. The van der Waals surface area contributed by atoms with Crippen LogP contribution in [0.5, 0.6) is 0 Å². The fraction of sp³-hybridized carbons (Fsp3) is 0.440. The smallest absolute Gasteiger partial charge is 0.251 e. The first-order valence-corrected chi connectivity index (χ1v) is 12.0. The van der Waals surface area contributed by atoms with Crippen molar-refractivity contribution in [2.75, 3.05) is 44.7 Å². The summed E-state index contributed by atoms with van der Waals surface area (Å²) in [5.41, 5.74) is 9.95. The third-order valence-electron chi connectivity index (χ3n) is 6.50. The molecule has 2 aromatic heterocycles. The molecule has 2 saturated heterocycles. The topological polar surface area (TPSA) is 118 Å². The van der Waals surface area contributed by atoms with Gasteiger partial charge in [0.25, 0.3) is 5.91 Å². The number of primary amides is 1. The van der Waals surface area contributed by atoms with E-state index < -0.39 is 5.91 Å². The van der Waals surface area contributed by atoms with Crippen molar-refractivity contribution < 1.29 is 9.53 Å². The third kappa shape index (κ3) is 5.16. The Kier molecular flexibility index (Phi) is 6.94. The monoisotopic (exact) mass is 461 g/mol. The molecule has 4 N–H and O–H groups in total. The first kappa shape index (κ1) is 22.6. The molecule has 178 valence electrons. The average Bonchev–Trinajstić information content (AvgIpc) is 3.13. The van der Waals surface area contributed by atoms with Gasteiger partial charge in [-0.05, 0) is 31.0 Å². The number of amides is 1. The Bertz CT molecular complexity index is 1140. The highest BCUT2D eigenvalue weighted by molar-refractivity contribution is 6.06. The number of ether oxygens (including phenoxy) is 1. The summed E-state index contributed by atoms with van der Waals surface area (Å²) in [6.07, 6.45) is 4.82. The second-order valence-electron chi connectivity index (χ2n) is 8.97. The summed E-state index contributed by atoms with van der Waals surface area (Å²) in [7, 11) is 0. The Morgan fingerprint density at radius 3 is 2.76 bits per heavy atom. The molecule has 2 fully saturated rings. The maximum atomic E-state index is 12.3. The first-order valence-electron chi connectivity index (χ1n) is 12.0. The molecular formula is C25H31N7O2. The molecule has 9 heteroatoms. The highest BCUT2D eigenvalue weighted by Crippen LogP contribution is 2.28. The molecule has 9 nitrogen and oxygen atoms in total. The van der Waals surface area contributed by atoms with E-state index in [0.29, 0.717) is 28.1 Å². The molecule has 3 aromatic rings. The van der Waals surface area contributed by atoms with Crippen LogP contribution in [0.1, 0.15) is 35.2 Å². The third-order valence-corrected chi connectivity index (χ3v) is 6.50. The van der Waals surface area contributed by atoms with E-state index in [1.165, 1.54) is 18.3 Å². The Balaban J connectivity index is 1.46. The lowest BCUT2D eigenvalue weighted by Gasteiger charge is -2.26. The zero-order valence-electron chi connectivity index (χ0n) is 19.3. The number of anilines is 1. The molecule has 1 aromatic carbocycles. The Hall–Kier alpha value is -3.14. The van der Waals surface area contributed by atoms with E-state index in [2.05, 4.69) is 37.6 Å². The molecule has 1 atom stereocenters. The number of pyridine rings is 1. The molecule has 0 spiro atoms. The second-order valence-corrected chi connectivity index (χ2v) is 8.97. The minimum Gasteiger partial charge on any atom is -0.379 e. The summed E-state index contributed by atoms with van der Waals surface area (Å²) in [6.45, 7) is 6.23. The maximum absolute atomic E-state index is 12.3. The van der Waals surface area contributed by atoms with Crippen LogP contribution in [0.2, 0.25) is 0 Å². The molecular weight excluding hydrogens is 430 g/mol. The molecule has 1 amide bonds. The molecule has 4 heterocycles. The summed E-state index contributed by atoms with van der Waals surface area (Å²) in [4.78, 5) is 28.4. The van der Waals surface area contributed by atoms with Gasteiger partial charge in [-0.2, -0.15) is 0 Å². The van der Waals surface area contributed by atoms with E-state index >= 15 is 0 Å². The molecule has 0 radical (unpaired) electrons. The van der Waals surface area contributed by atoms with Crippen molar-refractivity contribution in [3.8, 4) is 11.3 Å². The number of aromatic nitrogens is 3. The van der Waals surface area contributed by atoms with Crippen molar-refractivity contribution in [3.63, 3.8) is 0 Å². The van der Waals surface area contributed by atoms with E-state index in [0.717, 1.165) is 64.3 Å². The summed E-state index contributed by atoms with van der Waals surface area (Å²) < 4.78 is 5.44. The normalized spacial score (nSPS) is 19.6. The predicted octanol–water partition coefficient (Wildman–Crippen LogP) is 2.18. The summed E-state index contributed by atoms with van der Waals surface area (Å²) in [6, 6.07) is 10.3. The van der Waals surface area contributed by atoms with Gasteiger partial charge < -0.3 is 21.1 Å². The fourth-order valence-electron chi connectivity index (χ4n) is 4.61. The summed E-state index contributed by atoms with van der Waals surface area (Å²) >= 11 is 0. The predicted molar refractivity (Wildman–Crippen MR) is 132 cm³/mol. The quantitative estimate of drug-likeness (QED) is 0.511. The molecule has 0 bridgehead atoms. The zero-order valence-corrected chi connectivity index (χ0v) is 19.3. The number of hydrogen-bond acceptors (Lipinski definition) is 8. The van der Waals surface area contributed by atoms with E-state index in [-0.39, 0.29) is 6.04 Å². The Morgan fingerprint density at radius 2 is 1.97 bits per heavy atom. The maximum Gasteiger partial charge on any atom is 0.251 e. The fourth-order valence-corrected chi connectivity index (χ4v) is 4.61. The number of morpholine rings is 1. The van der Waals surface area contributed by atoms with Gasteiger partial charge >= 0.3 is 0 Å².